The maximum absolute atomic E-state index is 4.22. The summed E-state index contributed by atoms with van der Waals surface area (Å²) in [5.41, 5.74) is 6.33. The zero-order valence-corrected chi connectivity index (χ0v) is 9.46. The third kappa shape index (κ3) is 1.94. The fraction of sp³-hybridized carbons (Fsp3) is 0.308. The average Bonchev–Trinajstić information content (AvgIpc) is 2.53. The summed E-state index contributed by atoms with van der Waals surface area (Å²) in [6, 6.07) is 8.50. The van der Waals surface area contributed by atoms with Crippen molar-refractivity contribution in [2.75, 3.05) is 0 Å². The standard InChI is InChI=1S/C13H16N2/c1-9-6-4-5-7-12(9)8-13-10(2)14-15-11(13)3/h4-7H,8H2,1-3H3,(H,14,15). The Balaban J connectivity index is 2.34. The highest BCUT2D eigenvalue weighted by Gasteiger charge is 2.07. The van der Waals surface area contributed by atoms with Gasteiger partial charge in [-0.2, -0.15) is 5.10 Å². The number of rotatable bonds is 2. The summed E-state index contributed by atoms with van der Waals surface area (Å²) in [6.07, 6.45) is 0.973. The van der Waals surface area contributed by atoms with Gasteiger partial charge in [0.05, 0.1) is 5.69 Å². The van der Waals surface area contributed by atoms with Gasteiger partial charge in [-0.1, -0.05) is 24.3 Å². The first kappa shape index (κ1) is 9.97. The molecule has 0 radical (unpaired) electrons. The molecule has 0 saturated carbocycles. The number of nitrogens with zero attached hydrogens (tertiary/aromatic N) is 1. The predicted molar refractivity (Wildman–Crippen MR) is 62.0 cm³/mol. The molecule has 1 heterocycles. The molecule has 78 valence electrons. The molecule has 1 aromatic heterocycles. The highest BCUT2D eigenvalue weighted by atomic mass is 15.1. The van der Waals surface area contributed by atoms with Crippen molar-refractivity contribution in [2.45, 2.75) is 27.2 Å². The zero-order valence-electron chi connectivity index (χ0n) is 9.46. The van der Waals surface area contributed by atoms with Crippen LogP contribution in [0.15, 0.2) is 24.3 Å². The Hall–Kier alpha value is -1.57. The molecule has 0 amide bonds. The van der Waals surface area contributed by atoms with E-state index in [9.17, 15) is 0 Å². The molecule has 2 nitrogen and oxygen atoms in total. The minimum atomic E-state index is 0.973. The van der Waals surface area contributed by atoms with Crippen LogP contribution in [0, 0.1) is 20.8 Å². The fourth-order valence-corrected chi connectivity index (χ4v) is 1.83. The highest BCUT2D eigenvalue weighted by molar-refractivity contribution is 5.34. The van der Waals surface area contributed by atoms with Crippen LogP contribution in [-0.4, -0.2) is 10.2 Å². The molecular formula is C13H16N2. The molecule has 2 heteroatoms. The third-order valence-electron chi connectivity index (χ3n) is 2.91. The van der Waals surface area contributed by atoms with Gasteiger partial charge in [-0.15, -0.1) is 0 Å². The lowest BCUT2D eigenvalue weighted by molar-refractivity contribution is 1.02. The zero-order chi connectivity index (χ0) is 10.8. The highest BCUT2D eigenvalue weighted by Crippen LogP contribution is 2.17. The van der Waals surface area contributed by atoms with E-state index in [1.165, 1.54) is 22.4 Å². The van der Waals surface area contributed by atoms with Crippen molar-refractivity contribution in [1.29, 1.82) is 0 Å². The van der Waals surface area contributed by atoms with Gasteiger partial charge in [0.15, 0.2) is 0 Å². The minimum absolute atomic E-state index is 0.973. The summed E-state index contributed by atoms with van der Waals surface area (Å²) in [5.74, 6) is 0. The van der Waals surface area contributed by atoms with Crippen LogP contribution >= 0.6 is 0 Å². The van der Waals surface area contributed by atoms with Gasteiger partial charge < -0.3 is 0 Å². The first-order chi connectivity index (χ1) is 7.18. The van der Waals surface area contributed by atoms with Crippen molar-refractivity contribution >= 4 is 0 Å². The Bertz CT molecular complexity index is 450. The van der Waals surface area contributed by atoms with Crippen molar-refractivity contribution in [2.24, 2.45) is 0 Å². The number of aromatic nitrogens is 2. The van der Waals surface area contributed by atoms with Gasteiger partial charge in [0.25, 0.3) is 0 Å². The van der Waals surface area contributed by atoms with E-state index in [2.05, 4.69) is 55.2 Å². The Labute approximate surface area is 90.3 Å². The second-order valence-corrected chi connectivity index (χ2v) is 4.02. The minimum Gasteiger partial charge on any atom is -0.282 e. The van der Waals surface area contributed by atoms with Gasteiger partial charge in [-0.05, 0) is 31.9 Å². The summed E-state index contributed by atoms with van der Waals surface area (Å²) in [6.45, 7) is 6.28. The number of aromatic amines is 1. The third-order valence-corrected chi connectivity index (χ3v) is 2.91. The van der Waals surface area contributed by atoms with Gasteiger partial charge in [-0.25, -0.2) is 0 Å². The summed E-state index contributed by atoms with van der Waals surface area (Å²) in [7, 11) is 0. The summed E-state index contributed by atoms with van der Waals surface area (Å²) < 4.78 is 0. The van der Waals surface area contributed by atoms with Crippen molar-refractivity contribution in [3.8, 4) is 0 Å². The molecule has 0 fully saturated rings. The Morgan fingerprint density at radius 3 is 2.47 bits per heavy atom. The van der Waals surface area contributed by atoms with Crippen molar-refractivity contribution in [1.82, 2.24) is 10.2 Å². The van der Waals surface area contributed by atoms with E-state index in [0.717, 1.165) is 12.1 Å². The molecule has 0 aliphatic heterocycles. The molecule has 0 aliphatic carbocycles. The molecule has 15 heavy (non-hydrogen) atoms. The smallest absolute Gasteiger partial charge is 0.0629 e. The van der Waals surface area contributed by atoms with E-state index in [-0.39, 0.29) is 0 Å². The average molecular weight is 200 g/mol. The lowest BCUT2D eigenvalue weighted by atomic mass is 10.00. The molecular weight excluding hydrogens is 184 g/mol. The number of aryl methyl sites for hydroxylation is 3. The number of benzene rings is 1. The molecule has 2 aromatic rings. The van der Waals surface area contributed by atoms with Gasteiger partial charge in [0.1, 0.15) is 0 Å². The van der Waals surface area contributed by atoms with E-state index in [1.807, 2.05) is 0 Å². The second kappa shape index (κ2) is 3.89. The van der Waals surface area contributed by atoms with Crippen LogP contribution in [0.2, 0.25) is 0 Å². The first-order valence-electron chi connectivity index (χ1n) is 5.23. The van der Waals surface area contributed by atoms with Crippen molar-refractivity contribution in [3.63, 3.8) is 0 Å². The number of hydrogen-bond acceptors (Lipinski definition) is 1. The molecule has 1 N–H and O–H groups in total. The fourth-order valence-electron chi connectivity index (χ4n) is 1.83. The number of nitrogens with one attached hydrogen (secondary N) is 1. The maximum atomic E-state index is 4.22. The molecule has 1 aromatic carbocycles. The molecule has 0 aliphatic rings. The molecule has 0 unspecified atom stereocenters. The van der Waals surface area contributed by atoms with E-state index >= 15 is 0 Å². The Morgan fingerprint density at radius 1 is 1.13 bits per heavy atom. The van der Waals surface area contributed by atoms with Crippen LogP contribution in [0.4, 0.5) is 0 Å². The predicted octanol–water partition coefficient (Wildman–Crippen LogP) is 2.93. The van der Waals surface area contributed by atoms with E-state index in [1.54, 1.807) is 0 Å². The van der Waals surface area contributed by atoms with E-state index in [0.29, 0.717) is 0 Å². The Kier molecular flexibility index (Phi) is 2.58. The second-order valence-electron chi connectivity index (χ2n) is 4.02. The van der Waals surface area contributed by atoms with Gasteiger partial charge in [0, 0.05) is 17.7 Å². The van der Waals surface area contributed by atoms with Crippen LogP contribution in [0.25, 0.3) is 0 Å². The first-order valence-corrected chi connectivity index (χ1v) is 5.23. The summed E-state index contributed by atoms with van der Waals surface area (Å²) in [5, 5.41) is 7.24. The van der Waals surface area contributed by atoms with Crippen molar-refractivity contribution < 1.29 is 0 Å². The van der Waals surface area contributed by atoms with Crippen LogP contribution in [0.3, 0.4) is 0 Å². The lowest BCUT2D eigenvalue weighted by Crippen LogP contribution is -1.94. The molecule has 0 atom stereocenters. The maximum Gasteiger partial charge on any atom is 0.0629 e. The lowest BCUT2D eigenvalue weighted by Gasteiger charge is -2.05. The topological polar surface area (TPSA) is 28.7 Å². The normalized spacial score (nSPS) is 10.6. The number of H-pyrrole nitrogens is 1. The van der Waals surface area contributed by atoms with Gasteiger partial charge in [-0.3, -0.25) is 5.10 Å². The number of hydrogen-bond donors (Lipinski definition) is 1. The molecule has 0 saturated heterocycles. The molecule has 2 rings (SSSR count). The van der Waals surface area contributed by atoms with Crippen LogP contribution in [-0.2, 0) is 6.42 Å². The quantitative estimate of drug-likeness (QED) is 0.793. The SMILES string of the molecule is Cc1ccccc1Cc1c(C)n[nH]c1C. The van der Waals surface area contributed by atoms with E-state index < -0.39 is 0 Å². The van der Waals surface area contributed by atoms with Crippen LogP contribution < -0.4 is 0 Å². The van der Waals surface area contributed by atoms with Crippen molar-refractivity contribution in [3.05, 3.63) is 52.3 Å². The Morgan fingerprint density at radius 2 is 1.87 bits per heavy atom. The molecule has 0 bridgehead atoms. The van der Waals surface area contributed by atoms with Crippen LogP contribution in [0.5, 0.6) is 0 Å². The van der Waals surface area contributed by atoms with Gasteiger partial charge >= 0.3 is 0 Å². The molecule has 0 spiro atoms. The largest absolute Gasteiger partial charge is 0.282 e. The monoisotopic (exact) mass is 200 g/mol. The van der Waals surface area contributed by atoms with Gasteiger partial charge in [0.2, 0.25) is 0 Å². The van der Waals surface area contributed by atoms with E-state index in [4.69, 9.17) is 0 Å². The summed E-state index contributed by atoms with van der Waals surface area (Å²) >= 11 is 0. The van der Waals surface area contributed by atoms with Crippen LogP contribution in [0.1, 0.15) is 28.1 Å². The summed E-state index contributed by atoms with van der Waals surface area (Å²) in [4.78, 5) is 0.